The number of guanidine groups is 1. The molecule has 0 radical (unpaired) electrons. The molecule has 2 heterocycles. The fraction of sp³-hybridized carbons (Fsp3) is 0.556. The van der Waals surface area contributed by atoms with Gasteiger partial charge in [0.25, 0.3) is 0 Å². The van der Waals surface area contributed by atoms with Crippen molar-refractivity contribution in [3.63, 3.8) is 0 Å². The van der Waals surface area contributed by atoms with Gasteiger partial charge < -0.3 is 25.4 Å². The van der Waals surface area contributed by atoms with Crippen molar-refractivity contribution in [2.24, 2.45) is 16.6 Å². The number of primary amides is 1. The molecule has 7 nitrogen and oxygen atoms in total. The van der Waals surface area contributed by atoms with Crippen molar-refractivity contribution in [1.82, 2.24) is 10.2 Å². The van der Waals surface area contributed by atoms with E-state index in [2.05, 4.69) is 15.2 Å². The first-order valence-corrected chi connectivity index (χ1v) is 8.78. The van der Waals surface area contributed by atoms with Crippen LogP contribution in [0.5, 0.6) is 11.5 Å². The van der Waals surface area contributed by atoms with E-state index in [0.717, 1.165) is 43.4 Å². The van der Waals surface area contributed by atoms with Crippen molar-refractivity contribution < 1.29 is 14.3 Å². The van der Waals surface area contributed by atoms with Crippen molar-refractivity contribution in [3.05, 3.63) is 24.3 Å². The molecule has 0 aromatic heterocycles. The van der Waals surface area contributed by atoms with E-state index in [4.69, 9.17) is 15.2 Å². The monoisotopic (exact) mass is 474 g/mol. The Hall–Kier alpha value is -1.71. The predicted molar refractivity (Wildman–Crippen MR) is 111 cm³/mol. The van der Waals surface area contributed by atoms with Gasteiger partial charge in [0.1, 0.15) is 12.7 Å². The number of halogens is 1. The minimum Gasteiger partial charge on any atom is -0.486 e. The molecule has 1 fully saturated rings. The number of benzene rings is 1. The summed E-state index contributed by atoms with van der Waals surface area (Å²) in [6, 6.07) is 7.69. The summed E-state index contributed by atoms with van der Waals surface area (Å²) in [5.74, 6) is 2.45. The Bertz CT molecular complexity index is 641. The van der Waals surface area contributed by atoms with Crippen LogP contribution in [0, 0.1) is 5.92 Å². The standard InChI is InChI=1S/C18H26N4O3.HI/c1-20-18(22-8-4-5-13(11-22)9-17(19)23)21-10-14-12-24-15-6-2-3-7-16(15)25-14;/h2-3,6-7,13-14H,4-5,8-12H2,1H3,(H2,19,23)(H,20,21);1H. The van der Waals surface area contributed by atoms with Gasteiger partial charge in [0.2, 0.25) is 5.91 Å². The van der Waals surface area contributed by atoms with Gasteiger partial charge in [-0.1, -0.05) is 12.1 Å². The van der Waals surface area contributed by atoms with Crippen LogP contribution in [-0.4, -0.2) is 56.2 Å². The van der Waals surface area contributed by atoms with Crippen LogP contribution in [0.15, 0.2) is 29.3 Å². The number of carbonyl (C=O) groups excluding carboxylic acids is 1. The highest BCUT2D eigenvalue weighted by Gasteiger charge is 2.25. The van der Waals surface area contributed by atoms with E-state index in [1.54, 1.807) is 7.05 Å². The maximum absolute atomic E-state index is 11.2. The van der Waals surface area contributed by atoms with Crippen LogP contribution in [0.3, 0.4) is 0 Å². The topological polar surface area (TPSA) is 89.2 Å². The van der Waals surface area contributed by atoms with Crippen LogP contribution in [0.1, 0.15) is 19.3 Å². The van der Waals surface area contributed by atoms with Gasteiger partial charge in [0.05, 0.1) is 6.54 Å². The van der Waals surface area contributed by atoms with E-state index in [-0.39, 0.29) is 36.0 Å². The summed E-state index contributed by atoms with van der Waals surface area (Å²) in [5, 5.41) is 3.37. The minimum absolute atomic E-state index is 0. The number of nitrogens with two attached hydrogens (primary N) is 1. The first-order valence-electron chi connectivity index (χ1n) is 8.78. The van der Waals surface area contributed by atoms with Crippen LogP contribution >= 0.6 is 24.0 Å². The van der Waals surface area contributed by atoms with Crippen LogP contribution < -0.4 is 20.5 Å². The molecular weight excluding hydrogens is 447 g/mol. The zero-order chi connectivity index (χ0) is 17.6. The smallest absolute Gasteiger partial charge is 0.217 e. The molecule has 1 saturated heterocycles. The van der Waals surface area contributed by atoms with Crippen LogP contribution in [0.25, 0.3) is 0 Å². The van der Waals surface area contributed by atoms with Crippen molar-refractivity contribution in [2.45, 2.75) is 25.4 Å². The van der Waals surface area contributed by atoms with Crippen LogP contribution in [0.2, 0.25) is 0 Å². The van der Waals surface area contributed by atoms with Gasteiger partial charge >= 0.3 is 0 Å². The number of nitrogens with one attached hydrogen (secondary N) is 1. The fourth-order valence-electron chi connectivity index (χ4n) is 3.41. The summed E-state index contributed by atoms with van der Waals surface area (Å²) < 4.78 is 11.7. The largest absolute Gasteiger partial charge is 0.486 e. The number of carbonyl (C=O) groups is 1. The van der Waals surface area contributed by atoms with Crippen LogP contribution in [-0.2, 0) is 4.79 Å². The van der Waals surface area contributed by atoms with E-state index in [0.29, 0.717) is 25.5 Å². The van der Waals surface area contributed by atoms with Gasteiger partial charge in [-0.15, -0.1) is 24.0 Å². The Labute approximate surface area is 171 Å². The van der Waals surface area contributed by atoms with E-state index < -0.39 is 0 Å². The molecule has 2 aliphatic heterocycles. The van der Waals surface area contributed by atoms with Crippen molar-refractivity contribution in [1.29, 1.82) is 0 Å². The lowest BCUT2D eigenvalue weighted by Crippen LogP contribution is -2.50. The number of likely N-dealkylation sites (tertiary alicyclic amines) is 1. The van der Waals surface area contributed by atoms with Gasteiger partial charge in [0.15, 0.2) is 17.5 Å². The fourth-order valence-corrected chi connectivity index (χ4v) is 3.41. The SMILES string of the molecule is CN=C(NCC1COc2ccccc2O1)N1CCCC(CC(N)=O)C1.I. The second kappa shape index (κ2) is 9.84. The Kier molecular flexibility index (Phi) is 7.80. The van der Waals surface area contributed by atoms with Gasteiger partial charge in [-0.25, -0.2) is 0 Å². The molecule has 1 aromatic carbocycles. The Morgan fingerprint density at radius 2 is 2.15 bits per heavy atom. The average molecular weight is 474 g/mol. The molecule has 2 aliphatic rings. The summed E-state index contributed by atoms with van der Waals surface area (Å²) in [6.07, 6.45) is 2.43. The molecule has 26 heavy (non-hydrogen) atoms. The lowest BCUT2D eigenvalue weighted by Gasteiger charge is -2.35. The molecule has 2 atom stereocenters. The van der Waals surface area contributed by atoms with Gasteiger partial charge in [0, 0.05) is 26.6 Å². The predicted octanol–water partition coefficient (Wildman–Crippen LogP) is 1.61. The summed E-state index contributed by atoms with van der Waals surface area (Å²) in [4.78, 5) is 17.7. The van der Waals surface area contributed by atoms with Crippen molar-refractivity contribution in [3.8, 4) is 11.5 Å². The number of para-hydroxylation sites is 2. The number of aliphatic imine (C=N–C) groups is 1. The first-order chi connectivity index (χ1) is 12.2. The lowest BCUT2D eigenvalue weighted by molar-refractivity contribution is -0.119. The average Bonchev–Trinajstić information content (AvgIpc) is 2.62. The third kappa shape index (κ3) is 5.39. The third-order valence-corrected chi connectivity index (χ3v) is 4.58. The molecule has 0 aliphatic carbocycles. The third-order valence-electron chi connectivity index (χ3n) is 4.58. The highest BCUT2D eigenvalue weighted by atomic mass is 127. The lowest BCUT2D eigenvalue weighted by atomic mass is 9.95. The minimum atomic E-state index is -0.235. The van der Waals surface area contributed by atoms with E-state index in [1.165, 1.54) is 0 Å². The maximum atomic E-state index is 11.2. The Balaban J connectivity index is 0.00000243. The molecule has 1 aromatic rings. The van der Waals surface area contributed by atoms with Gasteiger partial charge in [-0.2, -0.15) is 0 Å². The quantitative estimate of drug-likeness (QED) is 0.393. The number of fused-ring (bicyclic) bond motifs is 1. The Morgan fingerprint density at radius 3 is 2.88 bits per heavy atom. The molecule has 3 rings (SSSR count). The first kappa shape index (κ1) is 20.6. The summed E-state index contributed by atoms with van der Waals surface area (Å²) >= 11 is 0. The summed E-state index contributed by atoms with van der Waals surface area (Å²) in [7, 11) is 1.77. The highest BCUT2D eigenvalue weighted by molar-refractivity contribution is 14.0. The molecule has 144 valence electrons. The number of rotatable bonds is 4. The van der Waals surface area contributed by atoms with Gasteiger partial charge in [-0.05, 0) is 30.9 Å². The molecular formula is C18H27IN4O3. The maximum Gasteiger partial charge on any atom is 0.217 e. The number of nitrogens with zero attached hydrogens (tertiary/aromatic N) is 2. The van der Waals surface area contributed by atoms with Crippen LogP contribution in [0.4, 0.5) is 0 Å². The molecule has 8 heteroatoms. The number of ether oxygens (including phenoxy) is 2. The molecule has 1 amide bonds. The van der Waals surface area contributed by atoms with Gasteiger partial charge in [-0.3, -0.25) is 9.79 Å². The van der Waals surface area contributed by atoms with E-state index >= 15 is 0 Å². The summed E-state index contributed by atoms with van der Waals surface area (Å²) in [6.45, 7) is 2.84. The Morgan fingerprint density at radius 1 is 1.38 bits per heavy atom. The molecule has 0 saturated carbocycles. The summed E-state index contributed by atoms with van der Waals surface area (Å²) in [5.41, 5.74) is 5.34. The molecule has 0 spiro atoms. The second-order valence-corrected chi connectivity index (χ2v) is 6.55. The second-order valence-electron chi connectivity index (χ2n) is 6.55. The molecule has 3 N–H and O–H groups in total. The molecule has 0 bridgehead atoms. The number of hydrogen-bond donors (Lipinski definition) is 2. The number of amides is 1. The van der Waals surface area contributed by atoms with Crippen molar-refractivity contribution in [2.75, 3.05) is 33.3 Å². The normalized spacial score (nSPS) is 22.3. The zero-order valence-electron chi connectivity index (χ0n) is 15.0. The molecule has 2 unspecified atom stereocenters. The highest BCUT2D eigenvalue weighted by Crippen LogP contribution is 2.30. The van der Waals surface area contributed by atoms with E-state index in [9.17, 15) is 4.79 Å². The number of piperidine rings is 1. The van der Waals surface area contributed by atoms with E-state index in [1.807, 2.05) is 24.3 Å². The number of hydrogen-bond acceptors (Lipinski definition) is 4. The zero-order valence-corrected chi connectivity index (χ0v) is 17.3. The van der Waals surface area contributed by atoms with Crippen molar-refractivity contribution >= 4 is 35.8 Å².